The molecular weight excluding hydrogens is 237 g/mol. The maximum absolute atomic E-state index is 12.7. The van der Waals surface area contributed by atoms with Gasteiger partial charge in [-0.1, -0.05) is 0 Å². The first-order valence-electron chi connectivity index (χ1n) is 4.83. The Morgan fingerprint density at radius 2 is 1.94 bits per heavy atom. The van der Waals surface area contributed by atoms with E-state index in [1.807, 2.05) is 0 Å². The molecule has 1 aromatic rings. The van der Waals surface area contributed by atoms with E-state index >= 15 is 0 Å². The fourth-order valence-electron chi connectivity index (χ4n) is 1.24. The zero-order chi connectivity index (χ0) is 13.2. The van der Waals surface area contributed by atoms with Crippen LogP contribution in [0.4, 0.5) is 13.2 Å². The fourth-order valence-corrected chi connectivity index (χ4v) is 1.24. The van der Waals surface area contributed by atoms with Gasteiger partial charge >= 0.3 is 12.1 Å². The highest BCUT2D eigenvalue weighted by Gasteiger charge is 2.35. The van der Waals surface area contributed by atoms with Gasteiger partial charge in [0.2, 0.25) is 0 Å². The van der Waals surface area contributed by atoms with E-state index in [0.29, 0.717) is 6.07 Å². The number of hydrogen-bond donors (Lipinski definition) is 1. The lowest BCUT2D eigenvalue weighted by Gasteiger charge is -2.16. The van der Waals surface area contributed by atoms with Crippen LogP contribution in [-0.2, 0) is 6.18 Å². The molecule has 0 atom stereocenters. The summed E-state index contributed by atoms with van der Waals surface area (Å²) in [5.41, 5.74) is -1.50. The summed E-state index contributed by atoms with van der Waals surface area (Å²) in [4.78, 5) is 10.6. The predicted octanol–water partition coefficient (Wildman–Crippen LogP) is 3.19. The van der Waals surface area contributed by atoms with Crippen molar-refractivity contribution >= 4 is 5.97 Å². The Balaban J connectivity index is 3.27. The molecule has 0 aliphatic heterocycles. The SMILES string of the molecule is CC(C)Oc1ccc(C(=O)O)cc1C(F)(F)F. The van der Waals surface area contributed by atoms with Crippen molar-refractivity contribution in [2.45, 2.75) is 26.1 Å². The largest absolute Gasteiger partial charge is 0.490 e. The molecule has 0 aliphatic carbocycles. The van der Waals surface area contributed by atoms with Gasteiger partial charge in [0, 0.05) is 0 Å². The number of carboxylic acids is 1. The van der Waals surface area contributed by atoms with Crippen molar-refractivity contribution in [3.63, 3.8) is 0 Å². The van der Waals surface area contributed by atoms with Crippen molar-refractivity contribution in [1.82, 2.24) is 0 Å². The van der Waals surface area contributed by atoms with E-state index in [2.05, 4.69) is 0 Å². The predicted molar refractivity (Wildman–Crippen MR) is 54.2 cm³/mol. The molecule has 0 amide bonds. The van der Waals surface area contributed by atoms with Crippen molar-refractivity contribution in [3.05, 3.63) is 29.3 Å². The number of aromatic carboxylic acids is 1. The smallest absolute Gasteiger partial charge is 0.419 e. The Morgan fingerprint density at radius 3 is 2.35 bits per heavy atom. The molecular formula is C11H11F3O3. The number of ether oxygens (including phenoxy) is 1. The molecule has 0 unspecified atom stereocenters. The van der Waals surface area contributed by atoms with Crippen LogP contribution in [0.25, 0.3) is 0 Å². The molecule has 1 rings (SSSR count). The summed E-state index contributed by atoms with van der Waals surface area (Å²) in [6, 6.07) is 2.67. The van der Waals surface area contributed by atoms with Crippen LogP contribution in [-0.4, -0.2) is 17.2 Å². The molecule has 0 radical (unpaired) electrons. The highest BCUT2D eigenvalue weighted by atomic mass is 19.4. The summed E-state index contributed by atoms with van der Waals surface area (Å²) in [6.45, 7) is 3.18. The van der Waals surface area contributed by atoms with E-state index in [1.165, 1.54) is 0 Å². The minimum absolute atomic E-state index is 0.363. The molecule has 94 valence electrons. The average molecular weight is 248 g/mol. The van der Waals surface area contributed by atoms with Gasteiger partial charge in [-0.05, 0) is 32.0 Å². The topological polar surface area (TPSA) is 46.5 Å². The van der Waals surface area contributed by atoms with Gasteiger partial charge in [-0.25, -0.2) is 4.79 Å². The maximum Gasteiger partial charge on any atom is 0.419 e. The summed E-state index contributed by atoms with van der Waals surface area (Å²) in [5, 5.41) is 8.64. The minimum atomic E-state index is -4.64. The van der Waals surface area contributed by atoms with Crippen molar-refractivity contribution in [1.29, 1.82) is 0 Å². The van der Waals surface area contributed by atoms with E-state index in [1.54, 1.807) is 13.8 Å². The molecule has 6 heteroatoms. The minimum Gasteiger partial charge on any atom is -0.490 e. The number of carbonyl (C=O) groups is 1. The molecule has 1 aromatic carbocycles. The summed E-state index contributed by atoms with van der Waals surface area (Å²) in [7, 11) is 0. The monoisotopic (exact) mass is 248 g/mol. The van der Waals surface area contributed by atoms with Gasteiger partial charge < -0.3 is 9.84 Å². The zero-order valence-electron chi connectivity index (χ0n) is 9.21. The molecule has 0 saturated heterocycles. The second-order valence-electron chi connectivity index (χ2n) is 3.68. The van der Waals surface area contributed by atoms with Gasteiger partial charge in [0.25, 0.3) is 0 Å². The normalized spacial score (nSPS) is 11.6. The highest BCUT2D eigenvalue weighted by Crippen LogP contribution is 2.37. The quantitative estimate of drug-likeness (QED) is 0.893. The number of alkyl halides is 3. The van der Waals surface area contributed by atoms with Gasteiger partial charge in [0.1, 0.15) is 5.75 Å². The number of hydrogen-bond acceptors (Lipinski definition) is 2. The van der Waals surface area contributed by atoms with Gasteiger partial charge in [-0.2, -0.15) is 13.2 Å². The highest BCUT2D eigenvalue weighted by molar-refractivity contribution is 5.88. The van der Waals surface area contributed by atoms with Crippen LogP contribution in [0, 0.1) is 0 Å². The molecule has 0 aromatic heterocycles. The number of carboxylic acid groups (broad SMARTS) is 1. The standard InChI is InChI=1S/C11H11F3O3/c1-6(2)17-9-4-3-7(10(15)16)5-8(9)11(12,13)14/h3-6H,1-2H3,(H,15,16). The molecule has 0 heterocycles. The Hall–Kier alpha value is -1.72. The summed E-state index contributed by atoms with van der Waals surface area (Å²) in [5.74, 6) is -1.77. The van der Waals surface area contributed by atoms with Gasteiger partial charge in [0.15, 0.2) is 0 Å². The van der Waals surface area contributed by atoms with E-state index in [0.717, 1.165) is 12.1 Å². The molecule has 0 aliphatic rings. The third kappa shape index (κ3) is 3.37. The third-order valence-corrected chi connectivity index (χ3v) is 1.89. The Labute approximate surface area is 95.8 Å². The third-order valence-electron chi connectivity index (χ3n) is 1.89. The first-order valence-corrected chi connectivity index (χ1v) is 4.83. The van der Waals surface area contributed by atoms with Crippen molar-refractivity contribution in [2.24, 2.45) is 0 Å². The van der Waals surface area contributed by atoms with E-state index in [4.69, 9.17) is 9.84 Å². The second kappa shape index (κ2) is 4.65. The molecule has 1 N–H and O–H groups in total. The second-order valence-corrected chi connectivity index (χ2v) is 3.68. The first-order chi connectivity index (χ1) is 7.71. The van der Waals surface area contributed by atoms with E-state index in [9.17, 15) is 18.0 Å². The summed E-state index contributed by atoms with van der Waals surface area (Å²) < 4.78 is 43.0. The number of halogens is 3. The zero-order valence-corrected chi connectivity index (χ0v) is 9.21. The Kier molecular flexibility index (Phi) is 3.65. The average Bonchev–Trinajstić information content (AvgIpc) is 2.15. The number of benzene rings is 1. The molecule has 0 bridgehead atoms. The van der Waals surface area contributed by atoms with Crippen LogP contribution in [0.2, 0.25) is 0 Å². The Morgan fingerprint density at radius 1 is 1.35 bits per heavy atom. The van der Waals surface area contributed by atoms with Crippen molar-refractivity contribution < 1.29 is 27.8 Å². The summed E-state index contributed by atoms with van der Waals surface area (Å²) >= 11 is 0. The van der Waals surface area contributed by atoms with Crippen LogP contribution < -0.4 is 4.74 Å². The summed E-state index contributed by atoms with van der Waals surface area (Å²) in [6.07, 6.45) is -5.07. The van der Waals surface area contributed by atoms with E-state index < -0.39 is 29.4 Å². The fraction of sp³-hybridized carbons (Fsp3) is 0.364. The van der Waals surface area contributed by atoms with Crippen LogP contribution >= 0.6 is 0 Å². The Bertz CT molecular complexity index is 424. The number of rotatable bonds is 3. The first kappa shape index (κ1) is 13.3. The van der Waals surface area contributed by atoms with Gasteiger partial charge in [0.05, 0.1) is 17.2 Å². The van der Waals surface area contributed by atoms with Crippen LogP contribution in [0.5, 0.6) is 5.75 Å². The molecule has 3 nitrogen and oxygen atoms in total. The van der Waals surface area contributed by atoms with Crippen molar-refractivity contribution in [3.8, 4) is 5.75 Å². The van der Waals surface area contributed by atoms with Crippen LogP contribution in [0.3, 0.4) is 0 Å². The molecule has 0 spiro atoms. The van der Waals surface area contributed by atoms with Crippen LogP contribution in [0.15, 0.2) is 18.2 Å². The van der Waals surface area contributed by atoms with Crippen LogP contribution in [0.1, 0.15) is 29.8 Å². The van der Waals surface area contributed by atoms with E-state index in [-0.39, 0.29) is 5.75 Å². The van der Waals surface area contributed by atoms with Crippen molar-refractivity contribution in [2.75, 3.05) is 0 Å². The van der Waals surface area contributed by atoms with Gasteiger partial charge in [-0.15, -0.1) is 0 Å². The van der Waals surface area contributed by atoms with Gasteiger partial charge in [-0.3, -0.25) is 0 Å². The molecule has 17 heavy (non-hydrogen) atoms. The molecule has 0 fully saturated rings. The molecule has 0 saturated carbocycles. The lowest BCUT2D eigenvalue weighted by atomic mass is 10.1. The lowest BCUT2D eigenvalue weighted by Crippen LogP contribution is -2.14. The lowest BCUT2D eigenvalue weighted by molar-refractivity contribution is -0.139. The maximum atomic E-state index is 12.7.